The molecule has 88 valence electrons. The van der Waals surface area contributed by atoms with Gasteiger partial charge in [0, 0.05) is 6.54 Å². The van der Waals surface area contributed by atoms with Gasteiger partial charge < -0.3 is 5.32 Å². The molecule has 1 nitrogen and oxygen atoms in total. The third kappa shape index (κ3) is 4.04. The molecule has 0 aliphatic carbocycles. The third-order valence-electron chi connectivity index (χ3n) is 2.84. The van der Waals surface area contributed by atoms with Crippen molar-refractivity contribution >= 4 is 0 Å². The third-order valence-corrected chi connectivity index (χ3v) is 2.84. The maximum atomic E-state index is 3.47. The first kappa shape index (κ1) is 11.9. The van der Waals surface area contributed by atoms with Crippen molar-refractivity contribution in [2.75, 3.05) is 6.54 Å². The number of hydrogen-bond acceptors (Lipinski definition) is 1. The van der Waals surface area contributed by atoms with Gasteiger partial charge in [-0.05, 0) is 31.0 Å². The van der Waals surface area contributed by atoms with Gasteiger partial charge in [-0.1, -0.05) is 60.2 Å². The largest absolute Gasteiger partial charge is 0.312 e. The lowest BCUT2D eigenvalue weighted by Gasteiger charge is -2.05. The summed E-state index contributed by atoms with van der Waals surface area (Å²) in [6.07, 6.45) is 1.09. The van der Waals surface area contributed by atoms with Gasteiger partial charge in [0.15, 0.2) is 0 Å². The molecule has 0 aromatic heterocycles. The molecule has 0 spiro atoms. The van der Waals surface area contributed by atoms with Crippen LogP contribution in [0.25, 0.3) is 0 Å². The Kier molecular flexibility index (Phi) is 4.34. The molecule has 0 saturated carbocycles. The second-order valence-corrected chi connectivity index (χ2v) is 4.40. The minimum absolute atomic E-state index is 0.951. The van der Waals surface area contributed by atoms with Gasteiger partial charge in [0.1, 0.15) is 0 Å². The Morgan fingerprint density at radius 2 is 1.65 bits per heavy atom. The topological polar surface area (TPSA) is 12.0 Å². The van der Waals surface area contributed by atoms with E-state index in [2.05, 4.69) is 66.8 Å². The Balaban J connectivity index is 1.73. The van der Waals surface area contributed by atoms with Crippen LogP contribution in [0.5, 0.6) is 0 Å². The molecule has 0 fully saturated rings. The Bertz CT molecular complexity index is 448. The van der Waals surface area contributed by atoms with Crippen LogP contribution in [-0.2, 0) is 13.0 Å². The van der Waals surface area contributed by atoms with Crippen LogP contribution in [0.1, 0.15) is 16.7 Å². The van der Waals surface area contributed by atoms with Crippen molar-refractivity contribution in [3.05, 3.63) is 71.3 Å². The van der Waals surface area contributed by atoms with Crippen molar-refractivity contribution in [3.8, 4) is 0 Å². The highest BCUT2D eigenvalue weighted by atomic mass is 14.8. The molecule has 0 radical (unpaired) electrons. The molecular formula is C16H19N. The number of hydrogen-bond donors (Lipinski definition) is 1. The standard InChI is InChI=1S/C16H19N/c1-14-6-5-9-15(12-14)10-11-17-13-16-7-3-2-4-8-16/h2-9,12,17H,10-11,13H2,1H3. The van der Waals surface area contributed by atoms with Gasteiger partial charge in [-0.3, -0.25) is 0 Å². The molecule has 0 amide bonds. The lowest BCUT2D eigenvalue weighted by molar-refractivity contribution is 0.687. The minimum Gasteiger partial charge on any atom is -0.312 e. The molecule has 0 heterocycles. The molecule has 2 rings (SSSR count). The molecule has 17 heavy (non-hydrogen) atoms. The molecule has 2 aromatic carbocycles. The fourth-order valence-electron chi connectivity index (χ4n) is 1.93. The highest BCUT2D eigenvalue weighted by Gasteiger charge is 1.94. The van der Waals surface area contributed by atoms with Crippen LogP contribution in [0, 0.1) is 6.92 Å². The van der Waals surface area contributed by atoms with Gasteiger partial charge in [0.25, 0.3) is 0 Å². The monoisotopic (exact) mass is 225 g/mol. The number of nitrogens with one attached hydrogen (secondary N) is 1. The Hall–Kier alpha value is -1.60. The Morgan fingerprint density at radius 3 is 2.41 bits per heavy atom. The number of benzene rings is 2. The molecule has 0 saturated heterocycles. The molecule has 0 atom stereocenters. The zero-order chi connectivity index (χ0) is 11.9. The SMILES string of the molecule is Cc1cccc(CCNCc2ccccc2)c1. The smallest absolute Gasteiger partial charge is 0.0205 e. The van der Waals surface area contributed by atoms with E-state index in [9.17, 15) is 0 Å². The highest BCUT2D eigenvalue weighted by molar-refractivity contribution is 5.22. The van der Waals surface area contributed by atoms with E-state index in [1.165, 1.54) is 16.7 Å². The van der Waals surface area contributed by atoms with Gasteiger partial charge in [0.2, 0.25) is 0 Å². The predicted molar refractivity (Wildman–Crippen MR) is 73.0 cm³/mol. The summed E-state index contributed by atoms with van der Waals surface area (Å²) >= 11 is 0. The zero-order valence-corrected chi connectivity index (χ0v) is 10.3. The van der Waals surface area contributed by atoms with Crippen molar-refractivity contribution < 1.29 is 0 Å². The summed E-state index contributed by atoms with van der Waals surface area (Å²) < 4.78 is 0. The molecule has 2 aromatic rings. The quantitative estimate of drug-likeness (QED) is 0.770. The van der Waals surface area contributed by atoms with Crippen LogP contribution in [-0.4, -0.2) is 6.54 Å². The summed E-state index contributed by atoms with van der Waals surface area (Å²) in [4.78, 5) is 0. The van der Waals surface area contributed by atoms with Gasteiger partial charge in [0.05, 0.1) is 0 Å². The summed E-state index contributed by atoms with van der Waals surface area (Å²) in [5, 5.41) is 3.47. The molecule has 0 bridgehead atoms. The second-order valence-electron chi connectivity index (χ2n) is 4.40. The Labute approximate surface area is 103 Å². The van der Waals surface area contributed by atoms with Crippen molar-refractivity contribution in [1.82, 2.24) is 5.32 Å². The average Bonchev–Trinajstić information content (AvgIpc) is 2.36. The second kappa shape index (κ2) is 6.21. The predicted octanol–water partition coefficient (Wildman–Crippen LogP) is 3.33. The number of rotatable bonds is 5. The van der Waals surface area contributed by atoms with Crippen molar-refractivity contribution in [1.29, 1.82) is 0 Å². The molecular weight excluding hydrogens is 206 g/mol. The molecule has 1 heteroatoms. The van der Waals surface area contributed by atoms with Crippen molar-refractivity contribution in [3.63, 3.8) is 0 Å². The highest BCUT2D eigenvalue weighted by Crippen LogP contribution is 2.04. The first-order chi connectivity index (χ1) is 8.34. The van der Waals surface area contributed by atoms with Gasteiger partial charge >= 0.3 is 0 Å². The summed E-state index contributed by atoms with van der Waals surface area (Å²) in [5.41, 5.74) is 4.09. The van der Waals surface area contributed by atoms with Crippen LogP contribution in [0.3, 0.4) is 0 Å². The van der Waals surface area contributed by atoms with Gasteiger partial charge in [-0.25, -0.2) is 0 Å². The summed E-state index contributed by atoms with van der Waals surface area (Å²) in [6, 6.07) is 19.2. The lowest BCUT2D eigenvalue weighted by atomic mass is 10.1. The van der Waals surface area contributed by atoms with Crippen LogP contribution in [0.4, 0.5) is 0 Å². The number of aryl methyl sites for hydroxylation is 1. The average molecular weight is 225 g/mol. The zero-order valence-electron chi connectivity index (χ0n) is 10.3. The van der Waals surface area contributed by atoms with Crippen LogP contribution < -0.4 is 5.32 Å². The molecule has 0 aliphatic heterocycles. The van der Waals surface area contributed by atoms with Gasteiger partial charge in [-0.2, -0.15) is 0 Å². The van der Waals surface area contributed by atoms with E-state index >= 15 is 0 Å². The fraction of sp³-hybridized carbons (Fsp3) is 0.250. The van der Waals surface area contributed by atoms with Crippen LogP contribution >= 0.6 is 0 Å². The summed E-state index contributed by atoms with van der Waals surface area (Å²) in [6.45, 7) is 4.12. The molecule has 0 unspecified atom stereocenters. The van der Waals surface area contributed by atoms with Crippen molar-refractivity contribution in [2.45, 2.75) is 19.9 Å². The van der Waals surface area contributed by atoms with Crippen LogP contribution in [0.2, 0.25) is 0 Å². The van der Waals surface area contributed by atoms with E-state index in [0.29, 0.717) is 0 Å². The maximum absolute atomic E-state index is 3.47. The fourth-order valence-corrected chi connectivity index (χ4v) is 1.93. The van der Waals surface area contributed by atoms with E-state index in [1.54, 1.807) is 0 Å². The van der Waals surface area contributed by atoms with E-state index in [4.69, 9.17) is 0 Å². The molecule has 1 N–H and O–H groups in total. The van der Waals surface area contributed by atoms with Gasteiger partial charge in [-0.15, -0.1) is 0 Å². The molecule has 0 aliphatic rings. The van der Waals surface area contributed by atoms with Crippen LogP contribution in [0.15, 0.2) is 54.6 Å². The lowest BCUT2D eigenvalue weighted by Crippen LogP contribution is -2.16. The van der Waals surface area contributed by atoms with E-state index in [0.717, 1.165) is 19.5 Å². The van der Waals surface area contributed by atoms with E-state index in [-0.39, 0.29) is 0 Å². The Morgan fingerprint density at radius 1 is 0.882 bits per heavy atom. The summed E-state index contributed by atoms with van der Waals surface area (Å²) in [7, 11) is 0. The van der Waals surface area contributed by atoms with E-state index < -0.39 is 0 Å². The maximum Gasteiger partial charge on any atom is 0.0205 e. The first-order valence-electron chi connectivity index (χ1n) is 6.15. The van der Waals surface area contributed by atoms with Crippen molar-refractivity contribution in [2.24, 2.45) is 0 Å². The summed E-state index contributed by atoms with van der Waals surface area (Å²) in [5.74, 6) is 0. The normalized spacial score (nSPS) is 10.4. The first-order valence-corrected chi connectivity index (χ1v) is 6.15. The van der Waals surface area contributed by atoms with E-state index in [1.807, 2.05) is 0 Å². The minimum atomic E-state index is 0.951.